The highest BCUT2D eigenvalue weighted by Gasteiger charge is 2.04. The number of rotatable bonds is 2. The van der Waals surface area contributed by atoms with E-state index in [0.717, 1.165) is 6.07 Å². The Labute approximate surface area is 95.5 Å². The third-order valence-electron chi connectivity index (χ3n) is 1.80. The lowest BCUT2D eigenvalue weighted by molar-refractivity contribution is 0.442. The van der Waals surface area contributed by atoms with Crippen LogP contribution in [-0.2, 0) is 0 Å². The van der Waals surface area contributed by atoms with Gasteiger partial charge in [-0.15, -0.1) is 0 Å². The van der Waals surface area contributed by atoms with Crippen molar-refractivity contribution in [2.75, 3.05) is 0 Å². The predicted octanol–water partition coefficient (Wildman–Crippen LogP) is 3.81. The van der Waals surface area contributed by atoms with Crippen LogP contribution in [-0.4, -0.2) is 4.98 Å². The van der Waals surface area contributed by atoms with E-state index in [1.165, 1.54) is 30.3 Å². The summed E-state index contributed by atoms with van der Waals surface area (Å²) < 4.78 is 30.9. The van der Waals surface area contributed by atoms with Gasteiger partial charge in [0.2, 0.25) is 11.8 Å². The van der Waals surface area contributed by atoms with E-state index in [9.17, 15) is 8.78 Å². The van der Waals surface area contributed by atoms with Crippen LogP contribution < -0.4 is 4.74 Å². The number of pyridine rings is 1. The average Bonchev–Trinajstić information content (AvgIpc) is 2.24. The molecule has 0 atom stereocenters. The minimum Gasteiger partial charge on any atom is -0.439 e. The van der Waals surface area contributed by atoms with E-state index >= 15 is 0 Å². The van der Waals surface area contributed by atoms with Crippen molar-refractivity contribution in [3.05, 3.63) is 53.2 Å². The average molecular weight is 242 g/mol. The van der Waals surface area contributed by atoms with Gasteiger partial charge >= 0.3 is 0 Å². The fourth-order valence-corrected chi connectivity index (χ4v) is 1.23. The fourth-order valence-electron chi connectivity index (χ4n) is 1.11. The second-order valence-corrected chi connectivity index (χ2v) is 3.38. The van der Waals surface area contributed by atoms with Crippen LogP contribution in [0.15, 0.2) is 36.4 Å². The van der Waals surface area contributed by atoms with Crippen LogP contribution in [0.3, 0.4) is 0 Å². The SMILES string of the molecule is Fc1cccc(Oc2ccc(Cl)c(F)c2)n1. The van der Waals surface area contributed by atoms with Crippen LogP contribution in [0, 0.1) is 11.8 Å². The predicted molar refractivity (Wildman–Crippen MR) is 55.7 cm³/mol. The van der Waals surface area contributed by atoms with E-state index in [2.05, 4.69) is 4.98 Å². The molecule has 2 nitrogen and oxygen atoms in total. The topological polar surface area (TPSA) is 22.1 Å². The smallest absolute Gasteiger partial charge is 0.221 e. The molecule has 1 aromatic carbocycles. The lowest BCUT2D eigenvalue weighted by atomic mass is 10.3. The van der Waals surface area contributed by atoms with Gasteiger partial charge in [0.05, 0.1) is 5.02 Å². The van der Waals surface area contributed by atoms with Gasteiger partial charge in [-0.3, -0.25) is 0 Å². The summed E-state index contributed by atoms with van der Waals surface area (Å²) in [4.78, 5) is 3.48. The molecule has 82 valence electrons. The maximum atomic E-state index is 13.1. The van der Waals surface area contributed by atoms with Crippen molar-refractivity contribution in [3.8, 4) is 11.6 Å². The first-order chi connectivity index (χ1) is 7.65. The van der Waals surface area contributed by atoms with Crippen molar-refractivity contribution in [1.82, 2.24) is 4.98 Å². The largest absolute Gasteiger partial charge is 0.439 e. The number of ether oxygens (including phenoxy) is 1. The molecule has 0 aliphatic heterocycles. The Hall–Kier alpha value is -1.68. The van der Waals surface area contributed by atoms with Crippen LogP contribution in [0.25, 0.3) is 0 Å². The van der Waals surface area contributed by atoms with Gasteiger partial charge in [-0.1, -0.05) is 17.7 Å². The second-order valence-electron chi connectivity index (χ2n) is 2.98. The highest BCUT2D eigenvalue weighted by atomic mass is 35.5. The zero-order chi connectivity index (χ0) is 11.5. The van der Waals surface area contributed by atoms with E-state index in [-0.39, 0.29) is 16.7 Å². The molecule has 0 aliphatic rings. The molecule has 0 saturated carbocycles. The van der Waals surface area contributed by atoms with Crippen molar-refractivity contribution in [1.29, 1.82) is 0 Å². The van der Waals surface area contributed by atoms with Gasteiger partial charge in [-0.2, -0.15) is 9.37 Å². The molecule has 0 bridgehead atoms. The maximum Gasteiger partial charge on any atom is 0.221 e. The van der Waals surface area contributed by atoms with Gasteiger partial charge in [-0.25, -0.2) is 4.39 Å². The summed E-state index contributed by atoms with van der Waals surface area (Å²) in [5.41, 5.74) is 0. The third-order valence-corrected chi connectivity index (χ3v) is 2.11. The first-order valence-electron chi connectivity index (χ1n) is 4.40. The quantitative estimate of drug-likeness (QED) is 0.746. The summed E-state index contributed by atoms with van der Waals surface area (Å²) in [5, 5.41) is -0.000415. The van der Waals surface area contributed by atoms with E-state index < -0.39 is 11.8 Å². The van der Waals surface area contributed by atoms with Crippen molar-refractivity contribution in [2.24, 2.45) is 0 Å². The molecule has 1 heterocycles. The maximum absolute atomic E-state index is 13.1. The molecule has 0 N–H and O–H groups in total. The molecule has 5 heteroatoms. The Balaban J connectivity index is 2.24. The summed E-state index contributed by atoms with van der Waals surface area (Å²) in [6.07, 6.45) is 0. The number of hydrogen-bond donors (Lipinski definition) is 0. The summed E-state index contributed by atoms with van der Waals surface area (Å²) in [7, 11) is 0. The molecule has 16 heavy (non-hydrogen) atoms. The van der Waals surface area contributed by atoms with Crippen molar-refractivity contribution >= 4 is 11.6 Å². The normalized spacial score (nSPS) is 10.2. The highest BCUT2D eigenvalue weighted by Crippen LogP contribution is 2.24. The highest BCUT2D eigenvalue weighted by molar-refractivity contribution is 6.30. The zero-order valence-corrected chi connectivity index (χ0v) is 8.71. The van der Waals surface area contributed by atoms with Gasteiger partial charge in [-0.05, 0) is 18.2 Å². The number of nitrogens with zero attached hydrogens (tertiary/aromatic N) is 1. The Morgan fingerprint density at radius 2 is 1.94 bits per heavy atom. The standard InChI is InChI=1S/C11H6ClF2NO/c12-8-5-4-7(6-9(8)13)16-11-3-1-2-10(14)15-11/h1-6H. The first-order valence-corrected chi connectivity index (χ1v) is 4.78. The Kier molecular flexibility index (Phi) is 3.01. The van der Waals surface area contributed by atoms with Crippen molar-refractivity contribution in [2.45, 2.75) is 0 Å². The van der Waals surface area contributed by atoms with Crippen molar-refractivity contribution < 1.29 is 13.5 Å². The molecular weight excluding hydrogens is 236 g/mol. The molecule has 0 spiro atoms. The van der Waals surface area contributed by atoms with Crippen LogP contribution >= 0.6 is 11.6 Å². The minimum absolute atomic E-state index is 0.000415. The summed E-state index contributed by atoms with van der Waals surface area (Å²) >= 11 is 5.50. The van der Waals surface area contributed by atoms with Crippen LogP contribution in [0.4, 0.5) is 8.78 Å². The lowest BCUT2D eigenvalue weighted by Crippen LogP contribution is -1.90. The van der Waals surface area contributed by atoms with Gasteiger partial charge in [0, 0.05) is 12.1 Å². The molecule has 2 rings (SSSR count). The van der Waals surface area contributed by atoms with Gasteiger partial charge in [0.15, 0.2) is 0 Å². The zero-order valence-electron chi connectivity index (χ0n) is 7.95. The van der Waals surface area contributed by atoms with Crippen LogP contribution in [0.1, 0.15) is 0 Å². The Bertz CT molecular complexity index is 519. The molecule has 0 radical (unpaired) electrons. The Morgan fingerprint density at radius 1 is 1.12 bits per heavy atom. The molecule has 0 unspecified atom stereocenters. The summed E-state index contributed by atoms with van der Waals surface area (Å²) in [6.45, 7) is 0. The van der Waals surface area contributed by atoms with E-state index in [0.29, 0.717) is 0 Å². The Morgan fingerprint density at radius 3 is 2.62 bits per heavy atom. The summed E-state index contributed by atoms with van der Waals surface area (Å²) in [5.74, 6) is -0.996. The van der Waals surface area contributed by atoms with E-state index in [1.54, 1.807) is 0 Å². The van der Waals surface area contributed by atoms with E-state index in [4.69, 9.17) is 16.3 Å². The molecular formula is C11H6ClF2NO. The number of benzene rings is 1. The van der Waals surface area contributed by atoms with Gasteiger partial charge < -0.3 is 4.74 Å². The molecule has 2 aromatic rings. The number of halogens is 3. The molecule has 0 saturated heterocycles. The summed E-state index contributed by atoms with van der Waals surface area (Å²) in [6, 6.07) is 8.03. The van der Waals surface area contributed by atoms with Gasteiger partial charge in [0.25, 0.3) is 0 Å². The van der Waals surface area contributed by atoms with Gasteiger partial charge in [0.1, 0.15) is 11.6 Å². The molecule has 0 amide bonds. The van der Waals surface area contributed by atoms with E-state index in [1.807, 2.05) is 0 Å². The number of aromatic nitrogens is 1. The molecule has 0 aliphatic carbocycles. The fraction of sp³-hybridized carbons (Fsp3) is 0. The monoisotopic (exact) mass is 241 g/mol. The molecule has 1 aromatic heterocycles. The minimum atomic E-state index is -0.660. The molecule has 0 fully saturated rings. The number of hydrogen-bond acceptors (Lipinski definition) is 2. The third kappa shape index (κ3) is 2.46. The lowest BCUT2D eigenvalue weighted by Gasteiger charge is -2.04. The first kappa shape index (κ1) is 10.8. The second kappa shape index (κ2) is 4.45. The van der Waals surface area contributed by atoms with Crippen molar-refractivity contribution in [3.63, 3.8) is 0 Å². The van der Waals surface area contributed by atoms with Crippen LogP contribution in [0.2, 0.25) is 5.02 Å². The van der Waals surface area contributed by atoms with Crippen LogP contribution in [0.5, 0.6) is 11.6 Å².